The average molecular weight is 532 g/mol. The van der Waals surface area contributed by atoms with Crippen molar-refractivity contribution in [2.75, 3.05) is 0 Å². The van der Waals surface area contributed by atoms with Gasteiger partial charge in [-0.3, -0.25) is 9.36 Å². The maximum Gasteiger partial charge on any atom is 0.242 e. The Bertz CT molecular complexity index is 1300. The van der Waals surface area contributed by atoms with Gasteiger partial charge in [0.1, 0.15) is 5.38 Å². The number of carbonyl (C=O) groups excluding carboxylic acids is 1. The van der Waals surface area contributed by atoms with Gasteiger partial charge in [-0.2, -0.15) is 0 Å². The highest BCUT2D eigenvalue weighted by atomic mass is 35.5. The molecule has 9 heteroatoms. The monoisotopic (exact) mass is 530 g/mol. The maximum absolute atomic E-state index is 12.7. The fourth-order valence-corrected chi connectivity index (χ4v) is 5.01. The summed E-state index contributed by atoms with van der Waals surface area (Å²) in [6, 6.07) is 22.7. The second-order valence-electron chi connectivity index (χ2n) is 7.60. The van der Waals surface area contributed by atoms with Crippen molar-refractivity contribution in [1.29, 1.82) is 0 Å². The molecule has 0 radical (unpaired) electrons. The van der Waals surface area contributed by atoms with E-state index < -0.39 is 5.38 Å². The van der Waals surface area contributed by atoms with E-state index in [9.17, 15) is 4.79 Å². The molecule has 174 valence electrons. The first-order valence-electron chi connectivity index (χ1n) is 10.5. The summed E-state index contributed by atoms with van der Waals surface area (Å²) in [6.07, 6.45) is 0. The smallest absolute Gasteiger partial charge is 0.242 e. The number of benzene rings is 3. The molecule has 0 saturated carbocycles. The Kier molecular flexibility index (Phi) is 8.16. The number of alkyl halides is 1. The number of carbonyl (C=O) groups is 1. The van der Waals surface area contributed by atoms with Gasteiger partial charge in [0.05, 0.1) is 17.3 Å². The van der Waals surface area contributed by atoms with E-state index in [1.807, 2.05) is 47.0 Å². The normalized spacial score (nSPS) is 11.9. The Hall–Kier alpha value is -2.51. The number of hydrogen-bond donors (Lipinski definition) is 1. The van der Waals surface area contributed by atoms with Gasteiger partial charge in [0, 0.05) is 10.8 Å². The fraction of sp³-hybridized carbons (Fsp3) is 0.160. The summed E-state index contributed by atoms with van der Waals surface area (Å²) in [5.74, 6) is 0.912. The van der Waals surface area contributed by atoms with Crippen LogP contribution in [0, 0.1) is 6.92 Å². The molecule has 0 spiro atoms. The quantitative estimate of drug-likeness (QED) is 0.201. The van der Waals surface area contributed by atoms with E-state index in [4.69, 9.17) is 34.8 Å². The van der Waals surface area contributed by atoms with Crippen LogP contribution in [0.4, 0.5) is 0 Å². The molecular formula is C25H21Cl3N4OS. The van der Waals surface area contributed by atoms with E-state index in [0.29, 0.717) is 32.5 Å². The van der Waals surface area contributed by atoms with Crippen LogP contribution in [0.2, 0.25) is 10.0 Å². The van der Waals surface area contributed by atoms with Gasteiger partial charge in [0.2, 0.25) is 5.91 Å². The lowest BCUT2D eigenvalue weighted by Crippen LogP contribution is -2.28. The van der Waals surface area contributed by atoms with Gasteiger partial charge in [-0.1, -0.05) is 95.1 Å². The van der Waals surface area contributed by atoms with E-state index in [1.54, 1.807) is 12.1 Å². The summed E-state index contributed by atoms with van der Waals surface area (Å²) in [5, 5.41) is 12.4. The van der Waals surface area contributed by atoms with Crippen molar-refractivity contribution < 1.29 is 4.79 Å². The zero-order valence-electron chi connectivity index (χ0n) is 18.2. The Morgan fingerprint density at radius 2 is 1.82 bits per heavy atom. The van der Waals surface area contributed by atoms with Gasteiger partial charge in [-0.15, -0.1) is 21.8 Å². The molecule has 1 unspecified atom stereocenters. The van der Waals surface area contributed by atoms with Gasteiger partial charge < -0.3 is 5.32 Å². The summed E-state index contributed by atoms with van der Waals surface area (Å²) in [4.78, 5) is 12.7. The largest absolute Gasteiger partial charge is 0.347 e. The molecule has 0 fully saturated rings. The summed E-state index contributed by atoms with van der Waals surface area (Å²) < 4.78 is 1.84. The van der Waals surface area contributed by atoms with Crippen LogP contribution in [0.3, 0.4) is 0 Å². The van der Waals surface area contributed by atoms with Crippen molar-refractivity contribution >= 4 is 52.5 Å². The summed E-state index contributed by atoms with van der Waals surface area (Å²) in [6.45, 7) is 2.19. The lowest BCUT2D eigenvalue weighted by Gasteiger charge is -2.14. The van der Waals surface area contributed by atoms with Crippen molar-refractivity contribution in [2.24, 2.45) is 0 Å². The molecular weight excluding hydrogens is 511 g/mol. The lowest BCUT2D eigenvalue weighted by atomic mass is 10.1. The zero-order valence-corrected chi connectivity index (χ0v) is 21.3. The van der Waals surface area contributed by atoms with Crippen LogP contribution in [0.5, 0.6) is 0 Å². The van der Waals surface area contributed by atoms with Gasteiger partial charge >= 0.3 is 0 Å². The first kappa shape index (κ1) is 24.6. The number of nitrogens with one attached hydrogen (secondary N) is 1. The Balaban J connectivity index is 1.58. The number of aromatic nitrogens is 3. The van der Waals surface area contributed by atoms with Crippen LogP contribution < -0.4 is 5.32 Å². The molecule has 1 heterocycles. The lowest BCUT2D eigenvalue weighted by molar-refractivity contribution is -0.121. The van der Waals surface area contributed by atoms with Gasteiger partial charge in [0.15, 0.2) is 11.0 Å². The minimum atomic E-state index is -0.813. The molecule has 5 nitrogen and oxygen atoms in total. The SMILES string of the molecule is Cc1cccc(CSc2nnc(CNC(=O)C(Cl)c3ccccc3)n2-c2ccc(Cl)cc2Cl)c1. The van der Waals surface area contributed by atoms with Crippen molar-refractivity contribution in [1.82, 2.24) is 20.1 Å². The van der Waals surface area contributed by atoms with E-state index in [-0.39, 0.29) is 12.5 Å². The van der Waals surface area contributed by atoms with E-state index in [0.717, 1.165) is 5.56 Å². The van der Waals surface area contributed by atoms with Gasteiger partial charge in [-0.05, 0) is 36.2 Å². The van der Waals surface area contributed by atoms with Crippen molar-refractivity contribution in [3.63, 3.8) is 0 Å². The Labute approximate surface area is 217 Å². The molecule has 1 amide bonds. The average Bonchev–Trinajstić information content (AvgIpc) is 3.24. The predicted octanol–water partition coefficient (Wildman–Crippen LogP) is 6.77. The Morgan fingerprint density at radius 1 is 1.03 bits per heavy atom. The number of thioether (sulfide) groups is 1. The van der Waals surface area contributed by atoms with Crippen molar-refractivity contribution in [2.45, 2.75) is 29.8 Å². The molecule has 0 bridgehead atoms. The second kappa shape index (κ2) is 11.3. The molecule has 1 N–H and O–H groups in total. The number of amides is 1. The van der Waals surface area contributed by atoms with Crippen LogP contribution in [0.15, 0.2) is 78.0 Å². The Morgan fingerprint density at radius 3 is 2.56 bits per heavy atom. The molecule has 1 aromatic heterocycles. The molecule has 4 rings (SSSR count). The molecule has 4 aromatic rings. The van der Waals surface area contributed by atoms with Crippen LogP contribution in [-0.4, -0.2) is 20.7 Å². The predicted molar refractivity (Wildman–Crippen MR) is 139 cm³/mol. The number of nitrogens with zero attached hydrogens (tertiary/aromatic N) is 3. The molecule has 1 atom stereocenters. The van der Waals surface area contributed by atoms with Crippen molar-refractivity contribution in [3.05, 3.63) is 105 Å². The summed E-state index contributed by atoms with van der Waals surface area (Å²) >= 11 is 20.5. The summed E-state index contributed by atoms with van der Waals surface area (Å²) in [5.41, 5.74) is 3.76. The molecule has 3 aromatic carbocycles. The van der Waals surface area contributed by atoms with Crippen molar-refractivity contribution in [3.8, 4) is 5.69 Å². The highest BCUT2D eigenvalue weighted by molar-refractivity contribution is 7.98. The number of rotatable bonds is 8. The first-order chi connectivity index (χ1) is 16.4. The minimum Gasteiger partial charge on any atom is -0.347 e. The highest BCUT2D eigenvalue weighted by Crippen LogP contribution is 2.31. The topological polar surface area (TPSA) is 59.8 Å². The third-order valence-corrected chi connectivity index (χ3v) is 7.03. The summed E-state index contributed by atoms with van der Waals surface area (Å²) in [7, 11) is 0. The number of hydrogen-bond acceptors (Lipinski definition) is 4. The zero-order chi connectivity index (χ0) is 24.1. The third kappa shape index (κ3) is 5.94. The number of halogens is 3. The highest BCUT2D eigenvalue weighted by Gasteiger charge is 2.21. The van der Waals surface area contributed by atoms with Gasteiger partial charge in [0.25, 0.3) is 0 Å². The molecule has 0 aliphatic heterocycles. The fourth-order valence-electron chi connectivity index (χ4n) is 3.39. The second-order valence-corrected chi connectivity index (χ2v) is 9.82. The molecule has 0 aliphatic rings. The maximum atomic E-state index is 12.7. The third-order valence-electron chi connectivity index (χ3n) is 5.04. The van der Waals surface area contributed by atoms with Crippen LogP contribution in [-0.2, 0) is 17.1 Å². The standard InChI is InChI=1S/C25H21Cl3N4OS/c1-16-6-5-7-17(12-16)15-34-25-31-30-22(32(25)21-11-10-19(26)13-20(21)27)14-29-24(33)23(28)18-8-3-2-4-9-18/h2-13,23H,14-15H2,1H3,(H,29,33). The van der Waals surface area contributed by atoms with Crippen LogP contribution in [0.1, 0.15) is 27.9 Å². The van der Waals surface area contributed by atoms with Gasteiger partial charge in [-0.25, -0.2) is 0 Å². The van der Waals surface area contributed by atoms with E-state index >= 15 is 0 Å². The first-order valence-corrected chi connectivity index (χ1v) is 12.6. The number of aryl methyl sites for hydroxylation is 1. The van der Waals surface area contributed by atoms with E-state index in [2.05, 4.69) is 40.6 Å². The van der Waals surface area contributed by atoms with Crippen LogP contribution in [0.25, 0.3) is 5.69 Å². The van der Waals surface area contributed by atoms with Crippen LogP contribution >= 0.6 is 46.6 Å². The molecule has 0 aliphatic carbocycles. The molecule has 34 heavy (non-hydrogen) atoms. The molecule has 0 saturated heterocycles. The minimum absolute atomic E-state index is 0.131. The van der Waals surface area contributed by atoms with E-state index in [1.165, 1.54) is 22.9 Å².